The first-order valence-electron chi connectivity index (χ1n) is 10.0. The molecule has 2 amide bonds. The van der Waals surface area contributed by atoms with Gasteiger partial charge in [0.2, 0.25) is 5.91 Å². The highest BCUT2D eigenvalue weighted by Gasteiger charge is 2.27. The molecule has 0 radical (unpaired) electrons. The second-order valence-corrected chi connectivity index (χ2v) is 7.45. The molecule has 6 heteroatoms. The van der Waals surface area contributed by atoms with Gasteiger partial charge in [-0.25, -0.2) is 0 Å². The normalized spacial score (nSPS) is 18.8. The Morgan fingerprint density at radius 2 is 1.81 bits per heavy atom. The van der Waals surface area contributed by atoms with E-state index in [2.05, 4.69) is 5.32 Å². The number of hydrogen-bond donors (Lipinski definition) is 1. The minimum Gasteiger partial charge on any atom is -0.494 e. The molecule has 1 unspecified atom stereocenters. The fourth-order valence-electron chi connectivity index (χ4n) is 3.23. The highest BCUT2D eigenvalue weighted by molar-refractivity contribution is 5.94. The van der Waals surface area contributed by atoms with Gasteiger partial charge >= 0.3 is 0 Å². The Hall–Kier alpha value is -2.08. The van der Waals surface area contributed by atoms with Crippen molar-refractivity contribution in [2.24, 2.45) is 5.92 Å². The summed E-state index contributed by atoms with van der Waals surface area (Å²) in [4.78, 5) is 26.7. The van der Waals surface area contributed by atoms with Crippen molar-refractivity contribution < 1.29 is 19.1 Å². The van der Waals surface area contributed by atoms with Crippen LogP contribution >= 0.6 is 0 Å². The molecule has 27 heavy (non-hydrogen) atoms. The Labute approximate surface area is 161 Å². The Morgan fingerprint density at radius 3 is 2.41 bits per heavy atom. The largest absolute Gasteiger partial charge is 0.494 e. The monoisotopic (exact) mass is 374 g/mol. The topological polar surface area (TPSA) is 67.9 Å². The molecule has 1 saturated carbocycles. The van der Waals surface area contributed by atoms with E-state index < -0.39 is 6.10 Å². The molecule has 1 heterocycles. The maximum atomic E-state index is 12.6. The quantitative estimate of drug-likeness (QED) is 0.760. The van der Waals surface area contributed by atoms with Gasteiger partial charge in [-0.05, 0) is 69.7 Å². The molecule has 6 nitrogen and oxygen atoms in total. The van der Waals surface area contributed by atoms with Gasteiger partial charge in [-0.3, -0.25) is 9.59 Å². The predicted octanol–water partition coefficient (Wildman–Crippen LogP) is 2.62. The summed E-state index contributed by atoms with van der Waals surface area (Å²) in [7, 11) is 0. The molecule has 1 aromatic rings. The molecular formula is C21H30N2O4. The van der Waals surface area contributed by atoms with Crippen molar-refractivity contribution >= 4 is 11.8 Å². The summed E-state index contributed by atoms with van der Waals surface area (Å²) in [5, 5.41) is 3.07. The molecule has 0 bridgehead atoms. The number of nitrogens with one attached hydrogen (secondary N) is 1. The summed E-state index contributed by atoms with van der Waals surface area (Å²) in [6, 6.07) is 7.37. The Morgan fingerprint density at radius 1 is 1.15 bits per heavy atom. The molecule has 1 atom stereocenters. The number of amides is 2. The van der Waals surface area contributed by atoms with Crippen LogP contribution in [0.3, 0.4) is 0 Å². The second kappa shape index (κ2) is 9.22. The molecule has 3 rings (SSSR count). The van der Waals surface area contributed by atoms with E-state index in [1.54, 1.807) is 12.1 Å². The van der Waals surface area contributed by atoms with E-state index in [9.17, 15) is 9.59 Å². The van der Waals surface area contributed by atoms with Gasteiger partial charge in [0.25, 0.3) is 5.91 Å². The summed E-state index contributed by atoms with van der Waals surface area (Å²) in [6.45, 7) is 6.33. The van der Waals surface area contributed by atoms with Gasteiger partial charge in [-0.1, -0.05) is 0 Å². The van der Waals surface area contributed by atoms with Crippen LogP contribution in [-0.4, -0.2) is 55.2 Å². The van der Waals surface area contributed by atoms with Crippen LogP contribution in [0.4, 0.5) is 0 Å². The molecule has 1 N–H and O–H groups in total. The van der Waals surface area contributed by atoms with Crippen LogP contribution in [0.15, 0.2) is 24.3 Å². The first-order valence-corrected chi connectivity index (χ1v) is 10.0. The lowest BCUT2D eigenvalue weighted by Gasteiger charge is -2.33. The van der Waals surface area contributed by atoms with Gasteiger partial charge < -0.3 is 19.7 Å². The third kappa shape index (κ3) is 5.70. The Bertz CT molecular complexity index is 634. The minimum absolute atomic E-state index is 0.0314. The standard InChI is InChI=1S/C21H30N2O4/c1-3-26-19-8-6-17(7-9-19)21(25)23-12-10-18(11-13-23)22-20(24)15(2)27-14-16-4-5-16/h6-9,15-16,18H,3-5,10-14H2,1-2H3,(H,22,24). The lowest BCUT2D eigenvalue weighted by Crippen LogP contribution is -2.48. The number of hydrogen-bond acceptors (Lipinski definition) is 4. The van der Waals surface area contributed by atoms with E-state index in [-0.39, 0.29) is 17.9 Å². The lowest BCUT2D eigenvalue weighted by molar-refractivity contribution is -0.133. The highest BCUT2D eigenvalue weighted by Crippen LogP contribution is 2.29. The van der Waals surface area contributed by atoms with Crippen molar-refractivity contribution in [3.63, 3.8) is 0 Å². The van der Waals surface area contributed by atoms with Gasteiger partial charge in [0.05, 0.1) is 13.2 Å². The first-order chi connectivity index (χ1) is 13.1. The first kappa shape index (κ1) is 19.7. The van der Waals surface area contributed by atoms with Gasteiger partial charge in [0, 0.05) is 24.7 Å². The third-order valence-electron chi connectivity index (χ3n) is 5.19. The maximum Gasteiger partial charge on any atom is 0.253 e. The van der Waals surface area contributed by atoms with Crippen molar-refractivity contribution in [1.29, 1.82) is 0 Å². The van der Waals surface area contributed by atoms with Crippen molar-refractivity contribution in [2.75, 3.05) is 26.3 Å². The van der Waals surface area contributed by atoms with Crippen LogP contribution in [-0.2, 0) is 9.53 Å². The zero-order valence-corrected chi connectivity index (χ0v) is 16.3. The van der Waals surface area contributed by atoms with Crippen molar-refractivity contribution in [3.05, 3.63) is 29.8 Å². The van der Waals surface area contributed by atoms with E-state index in [1.165, 1.54) is 12.8 Å². The number of ether oxygens (including phenoxy) is 2. The van der Waals surface area contributed by atoms with Crippen molar-refractivity contribution in [3.8, 4) is 5.75 Å². The second-order valence-electron chi connectivity index (χ2n) is 7.45. The van der Waals surface area contributed by atoms with Crippen LogP contribution in [0, 0.1) is 5.92 Å². The van der Waals surface area contributed by atoms with Gasteiger partial charge in [-0.15, -0.1) is 0 Å². The van der Waals surface area contributed by atoms with E-state index in [0.717, 1.165) is 18.6 Å². The number of carbonyl (C=O) groups excluding carboxylic acids is 2. The van der Waals surface area contributed by atoms with Gasteiger partial charge in [0.1, 0.15) is 11.9 Å². The van der Waals surface area contributed by atoms with Crippen molar-refractivity contribution in [2.45, 2.75) is 51.7 Å². The Kier molecular flexibility index (Phi) is 6.72. The fraction of sp³-hybridized carbons (Fsp3) is 0.619. The molecular weight excluding hydrogens is 344 g/mol. The number of carbonyl (C=O) groups is 2. The summed E-state index contributed by atoms with van der Waals surface area (Å²) < 4.78 is 11.0. The summed E-state index contributed by atoms with van der Waals surface area (Å²) >= 11 is 0. The molecule has 2 fully saturated rings. The molecule has 1 aliphatic carbocycles. The smallest absolute Gasteiger partial charge is 0.253 e. The predicted molar refractivity (Wildman–Crippen MR) is 103 cm³/mol. The molecule has 1 aromatic carbocycles. The van der Waals surface area contributed by atoms with Crippen LogP contribution in [0.2, 0.25) is 0 Å². The number of rotatable bonds is 8. The van der Waals surface area contributed by atoms with Crippen LogP contribution in [0.5, 0.6) is 5.75 Å². The number of likely N-dealkylation sites (tertiary alicyclic amines) is 1. The van der Waals surface area contributed by atoms with E-state index >= 15 is 0 Å². The average Bonchev–Trinajstić information content (AvgIpc) is 3.51. The Balaban J connectivity index is 1.42. The van der Waals surface area contributed by atoms with Crippen LogP contribution < -0.4 is 10.1 Å². The summed E-state index contributed by atoms with van der Waals surface area (Å²) in [6.07, 6.45) is 3.56. The SMILES string of the molecule is CCOc1ccc(C(=O)N2CCC(NC(=O)C(C)OCC3CC3)CC2)cc1. The average molecular weight is 374 g/mol. The molecule has 1 saturated heterocycles. The third-order valence-corrected chi connectivity index (χ3v) is 5.19. The summed E-state index contributed by atoms with van der Waals surface area (Å²) in [5.41, 5.74) is 0.669. The minimum atomic E-state index is -0.408. The summed E-state index contributed by atoms with van der Waals surface area (Å²) in [5.74, 6) is 1.40. The molecule has 0 aromatic heterocycles. The zero-order chi connectivity index (χ0) is 19.2. The fourth-order valence-corrected chi connectivity index (χ4v) is 3.23. The van der Waals surface area contributed by atoms with E-state index in [1.807, 2.05) is 30.9 Å². The van der Waals surface area contributed by atoms with E-state index in [0.29, 0.717) is 37.8 Å². The van der Waals surface area contributed by atoms with Crippen molar-refractivity contribution in [1.82, 2.24) is 10.2 Å². The van der Waals surface area contributed by atoms with Gasteiger partial charge in [-0.2, -0.15) is 0 Å². The number of benzene rings is 1. The molecule has 1 aliphatic heterocycles. The molecule has 2 aliphatic rings. The maximum absolute atomic E-state index is 12.6. The number of piperidine rings is 1. The molecule has 0 spiro atoms. The lowest BCUT2D eigenvalue weighted by atomic mass is 10.0. The van der Waals surface area contributed by atoms with E-state index in [4.69, 9.17) is 9.47 Å². The van der Waals surface area contributed by atoms with Crippen LogP contribution in [0.25, 0.3) is 0 Å². The highest BCUT2D eigenvalue weighted by atomic mass is 16.5. The number of nitrogens with zero attached hydrogens (tertiary/aromatic N) is 1. The van der Waals surface area contributed by atoms with Crippen LogP contribution in [0.1, 0.15) is 49.9 Å². The molecule has 148 valence electrons. The van der Waals surface area contributed by atoms with Gasteiger partial charge in [0.15, 0.2) is 0 Å². The zero-order valence-electron chi connectivity index (χ0n) is 16.3.